The summed E-state index contributed by atoms with van der Waals surface area (Å²) in [5.74, 6) is 0.448. The predicted molar refractivity (Wildman–Crippen MR) is 60.3 cm³/mol. The van der Waals surface area contributed by atoms with Crippen molar-refractivity contribution in [1.29, 1.82) is 0 Å². The average Bonchev–Trinajstić information content (AvgIpc) is 2.15. The van der Waals surface area contributed by atoms with E-state index in [2.05, 4.69) is 27.7 Å². The van der Waals surface area contributed by atoms with Crippen molar-refractivity contribution in [3.63, 3.8) is 0 Å². The molecule has 14 heavy (non-hydrogen) atoms. The SMILES string of the molecule is CCCCOC(OCCCC)C(C)C. The van der Waals surface area contributed by atoms with Crippen LogP contribution in [-0.4, -0.2) is 19.5 Å². The van der Waals surface area contributed by atoms with Gasteiger partial charge in [-0.1, -0.05) is 40.5 Å². The van der Waals surface area contributed by atoms with Crippen LogP contribution in [0.25, 0.3) is 0 Å². The van der Waals surface area contributed by atoms with Crippen molar-refractivity contribution in [2.45, 2.75) is 59.7 Å². The van der Waals surface area contributed by atoms with Gasteiger partial charge in [-0.2, -0.15) is 0 Å². The highest BCUT2D eigenvalue weighted by Gasteiger charge is 2.13. The largest absolute Gasteiger partial charge is 0.352 e. The second-order valence-corrected chi connectivity index (χ2v) is 4.06. The number of unbranched alkanes of at least 4 members (excludes halogenated alkanes) is 2. The van der Waals surface area contributed by atoms with Gasteiger partial charge in [0.05, 0.1) is 0 Å². The standard InChI is InChI=1S/C12H26O2/c1-5-7-9-13-12(11(3)4)14-10-8-6-2/h11-12H,5-10H2,1-4H3. The van der Waals surface area contributed by atoms with Crippen molar-refractivity contribution in [3.8, 4) is 0 Å². The molecule has 0 N–H and O–H groups in total. The van der Waals surface area contributed by atoms with E-state index < -0.39 is 0 Å². The second kappa shape index (κ2) is 9.47. The van der Waals surface area contributed by atoms with Crippen molar-refractivity contribution < 1.29 is 9.47 Å². The van der Waals surface area contributed by atoms with Gasteiger partial charge in [0.25, 0.3) is 0 Å². The van der Waals surface area contributed by atoms with Crippen LogP contribution in [0.3, 0.4) is 0 Å². The summed E-state index contributed by atoms with van der Waals surface area (Å²) >= 11 is 0. The Morgan fingerprint density at radius 2 is 1.29 bits per heavy atom. The molecule has 0 aromatic rings. The van der Waals surface area contributed by atoms with Crippen LogP contribution in [0.1, 0.15) is 53.4 Å². The van der Waals surface area contributed by atoms with Gasteiger partial charge >= 0.3 is 0 Å². The first-order valence-corrected chi connectivity index (χ1v) is 5.95. The van der Waals surface area contributed by atoms with Crippen LogP contribution in [0.2, 0.25) is 0 Å². The molecule has 0 spiro atoms. The molecule has 0 aliphatic heterocycles. The fourth-order valence-corrected chi connectivity index (χ4v) is 1.12. The van der Waals surface area contributed by atoms with E-state index in [1.165, 1.54) is 12.8 Å². The molecular formula is C12H26O2. The highest BCUT2D eigenvalue weighted by Crippen LogP contribution is 2.10. The molecular weight excluding hydrogens is 176 g/mol. The molecule has 0 saturated heterocycles. The van der Waals surface area contributed by atoms with E-state index in [0.29, 0.717) is 5.92 Å². The second-order valence-electron chi connectivity index (χ2n) is 4.06. The molecule has 0 rings (SSSR count). The molecule has 0 saturated carbocycles. The Balaban J connectivity index is 3.55. The summed E-state index contributed by atoms with van der Waals surface area (Å²) in [4.78, 5) is 0. The Labute approximate surface area is 89.0 Å². The maximum atomic E-state index is 5.67. The van der Waals surface area contributed by atoms with Crippen LogP contribution in [0, 0.1) is 5.92 Å². The quantitative estimate of drug-likeness (QED) is 0.420. The lowest BCUT2D eigenvalue weighted by Crippen LogP contribution is -2.24. The number of rotatable bonds is 9. The number of hydrogen-bond acceptors (Lipinski definition) is 2. The first-order valence-electron chi connectivity index (χ1n) is 5.95. The minimum atomic E-state index is -0.00639. The van der Waals surface area contributed by atoms with Gasteiger partial charge in [0.2, 0.25) is 0 Å². The Kier molecular flexibility index (Phi) is 9.42. The molecule has 0 fully saturated rings. The summed E-state index contributed by atoms with van der Waals surface area (Å²) in [7, 11) is 0. The van der Waals surface area contributed by atoms with Crippen LogP contribution in [-0.2, 0) is 9.47 Å². The first-order chi connectivity index (χ1) is 6.72. The molecule has 0 aliphatic carbocycles. The zero-order chi connectivity index (χ0) is 10.8. The normalized spacial score (nSPS) is 11.6. The van der Waals surface area contributed by atoms with E-state index >= 15 is 0 Å². The minimum Gasteiger partial charge on any atom is -0.352 e. The minimum absolute atomic E-state index is 0.00639. The van der Waals surface area contributed by atoms with E-state index in [1.54, 1.807) is 0 Å². The molecule has 0 aromatic carbocycles. The summed E-state index contributed by atoms with van der Waals surface area (Å²) in [6, 6.07) is 0. The molecule has 0 aliphatic rings. The van der Waals surface area contributed by atoms with Crippen LogP contribution in [0.5, 0.6) is 0 Å². The lowest BCUT2D eigenvalue weighted by molar-refractivity contribution is -0.166. The molecule has 0 radical (unpaired) electrons. The Morgan fingerprint density at radius 3 is 1.57 bits per heavy atom. The van der Waals surface area contributed by atoms with Crippen molar-refractivity contribution in [2.75, 3.05) is 13.2 Å². The average molecular weight is 202 g/mol. The first kappa shape index (κ1) is 13.9. The Bertz CT molecular complexity index is 103. The molecule has 0 amide bonds. The maximum Gasteiger partial charge on any atom is 0.159 e. The monoisotopic (exact) mass is 202 g/mol. The zero-order valence-electron chi connectivity index (χ0n) is 10.2. The van der Waals surface area contributed by atoms with Gasteiger partial charge in [0, 0.05) is 19.1 Å². The van der Waals surface area contributed by atoms with Crippen molar-refractivity contribution in [1.82, 2.24) is 0 Å². The summed E-state index contributed by atoms with van der Waals surface area (Å²) < 4.78 is 11.3. The molecule has 0 bridgehead atoms. The van der Waals surface area contributed by atoms with Gasteiger partial charge < -0.3 is 9.47 Å². The Morgan fingerprint density at radius 1 is 0.857 bits per heavy atom. The molecule has 2 heteroatoms. The molecule has 0 unspecified atom stereocenters. The highest BCUT2D eigenvalue weighted by atomic mass is 16.7. The molecule has 2 nitrogen and oxygen atoms in total. The fraction of sp³-hybridized carbons (Fsp3) is 1.00. The molecule has 86 valence electrons. The van der Waals surface area contributed by atoms with Gasteiger partial charge in [-0.15, -0.1) is 0 Å². The van der Waals surface area contributed by atoms with Crippen LogP contribution < -0.4 is 0 Å². The van der Waals surface area contributed by atoms with Crippen LogP contribution >= 0.6 is 0 Å². The highest BCUT2D eigenvalue weighted by molar-refractivity contribution is 4.51. The maximum absolute atomic E-state index is 5.67. The lowest BCUT2D eigenvalue weighted by atomic mass is 10.2. The van der Waals surface area contributed by atoms with Crippen LogP contribution in [0.15, 0.2) is 0 Å². The fourth-order valence-electron chi connectivity index (χ4n) is 1.12. The van der Waals surface area contributed by atoms with E-state index in [9.17, 15) is 0 Å². The lowest BCUT2D eigenvalue weighted by Gasteiger charge is -2.21. The smallest absolute Gasteiger partial charge is 0.159 e. The summed E-state index contributed by atoms with van der Waals surface area (Å²) in [6.07, 6.45) is 4.60. The van der Waals surface area contributed by atoms with Gasteiger partial charge in [-0.25, -0.2) is 0 Å². The predicted octanol–water partition coefficient (Wildman–Crippen LogP) is 3.60. The molecule has 0 heterocycles. The van der Waals surface area contributed by atoms with Crippen molar-refractivity contribution in [2.24, 2.45) is 5.92 Å². The van der Waals surface area contributed by atoms with Crippen LogP contribution in [0.4, 0.5) is 0 Å². The van der Waals surface area contributed by atoms with E-state index in [0.717, 1.165) is 26.1 Å². The molecule has 0 aromatic heterocycles. The summed E-state index contributed by atoms with van der Waals surface area (Å²) in [5, 5.41) is 0. The van der Waals surface area contributed by atoms with E-state index in [-0.39, 0.29) is 6.29 Å². The third-order valence-corrected chi connectivity index (χ3v) is 2.10. The third-order valence-electron chi connectivity index (χ3n) is 2.10. The van der Waals surface area contributed by atoms with E-state index in [4.69, 9.17) is 9.47 Å². The van der Waals surface area contributed by atoms with Crippen molar-refractivity contribution in [3.05, 3.63) is 0 Å². The van der Waals surface area contributed by atoms with Gasteiger partial charge in [0.15, 0.2) is 6.29 Å². The zero-order valence-corrected chi connectivity index (χ0v) is 10.2. The van der Waals surface area contributed by atoms with E-state index in [1.807, 2.05) is 0 Å². The summed E-state index contributed by atoms with van der Waals surface area (Å²) in [6.45, 7) is 10.3. The Hall–Kier alpha value is -0.0800. The third kappa shape index (κ3) is 7.34. The number of hydrogen-bond donors (Lipinski definition) is 0. The molecule has 0 atom stereocenters. The van der Waals surface area contributed by atoms with Gasteiger partial charge in [-0.3, -0.25) is 0 Å². The number of ether oxygens (including phenoxy) is 2. The van der Waals surface area contributed by atoms with Gasteiger partial charge in [-0.05, 0) is 12.8 Å². The topological polar surface area (TPSA) is 18.5 Å². The van der Waals surface area contributed by atoms with Gasteiger partial charge in [0.1, 0.15) is 0 Å². The van der Waals surface area contributed by atoms with Crippen molar-refractivity contribution >= 4 is 0 Å². The summed E-state index contributed by atoms with van der Waals surface area (Å²) in [5.41, 5.74) is 0.